The lowest BCUT2D eigenvalue weighted by Gasteiger charge is -2.56. The minimum atomic E-state index is -0.481. The van der Waals surface area contributed by atoms with Gasteiger partial charge in [0, 0.05) is 5.54 Å². The number of pyridine rings is 1. The van der Waals surface area contributed by atoms with Gasteiger partial charge in [0.15, 0.2) is 0 Å². The maximum absolute atomic E-state index is 12.7. The second-order valence-corrected chi connectivity index (χ2v) is 9.81. The van der Waals surface area contributed by atoms with Crippen molar-refractivity contribution in [1.29, 1.82) is 5.26 Å². The van der Waals surface area contributed by atoms with Gasteiger partial charge in [0.1, 0.15) is 11.1 Å². The molecule has 0 spiro atoms. The normalized spacial score (nSPS) is 29.3. The first-order valence-electron chi connectivity index (χ1n) is 10.4. The first-order chi connectivity index (χ1) is 13.9. The van der Waals surface area contributed by atoms with Crippen molar-refractivity contribution in [1.82, 2.24) is 10.3 Å². The molecular formula is C22H27N3O3S. The number of rotatable bonds is 6. The Kier molecular flexibility index (Phi) is 5.56. The highest BCUT2D eigenvalue weighted by atomic mass is 32.2. The fraction of sp³-hybridized carbons (Fsp3) is 0.636. The zero-order valence-electron chi connectivity index (χ0n) is 17.0. The summed E-state index contributed by atoms with van der Waals surface area (Å²) in [6, 6.07) is 3.60. The van der Waals surface area contributed by atoms with Gasteiger partial charge in [0.05, 0.1) is 29.2 Å². The first kappa shape index (κ1) is 20.2. The van der Waals surface area contributed by atoms with E-state index in [2.05, 4.69) is 16.4 Å². The number of hydrogen-bond donors (Lipinski definition) is 1. The smallest absolute Gasteiger partial charge is 0.340 e. The molecule has 4 aliphatic carbocycles. The molecule has 0 unspecified atom stereocenters. The molecular weight excluding hydrogens is 386 g/mol. The molecule has 1 N–H and O–H groups in total. The lowest BCUT2D eigenvalue weighted by molar-refractivity contribution is -0.124. The van der Waals surface area contributed by atoms with Crippen molar-refractivity contribution in [3.8, 4) is 6.07 Å². The molecule has 5 rings (SSSR count). The summed E-state index contributed by atoms with van der Waals surface area (Å²) in [5, 5.41) is 13.3. The van der Waals surface area contributed by atoms with Crippen LogP contribution in [0.4, 0.5) is 0 Å². The fourth-order valence-corrected chi connectivity index (χ4v) is 6.72. The van der Waals surface area contributed by atoms with Crippen molar-refractivity contribution < 1.29 is 14.3 Å². The highest BCUT2D eigenvalue weighted by molar-refractivity contribution is 8.00. The minimum Gasteiger partial charge on any atom is -0.462 e. The van der Waals surface area contributed by atoms with Crippen molar-refractivity contribution in [3.63, 3.8) is 0 Å². The van der Waals surface area contributed by atoms with Gasteiger partial charge in [-0.25, -0.2) is 9.78 Å². The van der Waals surface area contributed by atoms with Crippen molar-refractivity contribution in [2.75, 3.05) is 12.4 Å². The molecule has 0 atom stereocenters. The van der Waals surface area contributed by atoms with E-state index in [4.69, 9.17) is 4.74 Å². The summed E-state index contributed by atoms with van der Waals surface area (Å²) >= 11 is 1.26. The third-order valence-corrected chi connectivity index (χ3v) is 7.57. The number of nitrogens with one attached hydrogen (secondary N) is 1. The summed E-state index contributed by atoms with van der Waals surface area (Å²) in [7, 11) is 0. The number of hydrogen-bond acceptors (Lipinski definition) is 6. The minimum absolute atomic E-state index is 0.00904. The van der Waals surface area contributed by atoms with Crippen LogP contribution in [0, 0.1) is 36.0 Å². The summed E-state index contributed by atoms with van der Waals surface area (Å²) < 4.78 is 5.02. The number of carbonyl (C=O) groups is 2. The quantitative estimate of drug-likeness (QED) is 0.566. The SMILES string of the molecule is CCOC(=O)c1cc(C#N)c(SCC(=O)NC23CC4CC(CC(C4)C2)C3)nc1C. The maximum Gasteiger partial charge on any atom is 0.340 e. The number of carbonyl (C=O) groups excluding carboxylic acids is 2. The molecule has 1 amide bonds. The molecule has 7 heteroatoms. The zero-order chi connectivity index (χ0) is 20.6. The van der Waals surface area contributed by atoms with E-state index in [1.807, 2.05) is 0 Å². The van der Waals surface area contributed by atoms with Crippen LogP contribution in [0.25, 0.3) is 0 Å². The average molecular weight is 414 g/mol. The predicted molar refractivity (Wildman–Crippen MR) is 109 cm³/mol. The van der Waals surface area contributed by atoms with E-state index in [1.54, 1.807) is 13.8 Å². The fourth-order valence-electron chi connectivity index (χ4n) is 5.92. The highest BCUT2D eigenvalue weighted by Gasteiger charge is 2.51. The van der Waals surface area contributed by atoms with E-state index in [-0.39, 0.29) is 23.8 Å². The average Bonchev–Trinajstić information content (AvgIpc) is 2.65. The molecule has 0 aromatic carbocycles. The summed E-state index contributed by atoms with van der Waals surface area (Å²) in [5.41, 5.74) is 1.09. The van der Waals surface area contributed by atoms with Gasteiger partial charge >= 0.3 is 5.97 Å². The van der Waals surface area contributed by atoms with Crippen molar-refractivity contribution >= 4 is 23.6 Å². The number of amides is 1. The number of nitriles is 1. The lowest BCUT2D eigenvalue weighted by atomic mass is 9.53. The summed E-state index contributed by atoms with van der Waals surface area (Å²) in [6.45, 7) is 3.71. The van der Waals surface area contributed by atoms with Gasteiger partial charge in [-0.3, -0.25) is 4.79 Å². The molecule has 4 fully saturated rings. The van der Waals surface area contributed by atoms with E-state index in [9.17, 15) is 14.9 Å². The lowest BCUT2D eigenvalue weighted by Crippen LogP contribution is -2.60. The Morgan fingerprint density at radius 3 is 2.45 bits per heavy atom. The van der Waals surface area contributed by atoms with Crippen LogP contribution in [0.15, 0.2) is 11.1 Å². The van der Waals surface area contributed by atoms with Crippen LogP contribution in [0.3, 0.4) is 0 Å². The summed E-state index contributed by atoms with van der Waals surface area (Å²) in [6.07, 6.45) is 7.36. The van der Waals surface area contributed by atoms with Gasteiger partial charge in [0.2, 0.25) is 5.91 Å². The topological polar surface area (TPSA) is 92.1 Å². The first-order valence-corrected chi connectivity index (χ1v) is 11.4. The number of nitrogens with zero attached hydrogens (tertiary/aromatic N) is 2. The number of ether oxygens (including phenoxy) is 1. The predicted octanol–water partition coefficient (Wildman–Crippen LogP) is 3.62. The van der Waals surface area contributed by atoms with E-state index in [0.29, 0.717) is 21.8 Å². The van der Waals surface area contributed by atoms with Crippen LogP contribution in [0.2, 0.25) is 0 Å². The monoisotopic (exact) mass is 413 g/mol. The maximum atomic E-state index is 12.7. The van der Waals surface area contributed by atoms with Crippen molar-refractivity contribution in [2.45, 2.75) is 62.9 Å². The van der Waals surface area contributed by atoms with Gasteiger partial charge in [0.25, 0.3) is 0 Å². The van der Waals surface area contributed by atoms with E-state index >= 15 is 0 Å². The van der Waals surface area contributed by atoms with Crippen LogP contribution in [0.5, 0.6) is 0 Å². The van der Waals surface area contributed by atoms with Gasteiger partial charge in [-0.1, -0.05) is 11.8 Å². The van der Waals surface area contributed by atoms with Crippen LogP contribution in [-0.2, 0) is 9.53 Å². The standard InChI is InChI=1S/C22H27N3O3S/c1-3-28-21(27)18-7-17(11-23)20(24-13(18)2)29-12-19(26)25-22-8-14-4-15(9-22)6-16(5-14)10-22/h7,14-16H,3-6,8-10,12H2,1-2H3,(H,25,26). The van der Waals surface area contributed by atoms with E-state index < -0.39 is 5.97 Å². The molecule has 1 aromatic heterocycles. The summed E-state index contributed by atoms with van der Waals surface area (Å²) in [4.78, 5) is 29.2. The Morgan fingerprint density at radius 2 is 1.90 bits per heavy atom. The number of thioether (sulfide) groups is 1. The molecule has 29 heavy (non-hydrogen) atoms. The number of aromatic nitrogens is 1. The van der Waals surface area contributed by atoms with Gasteiger partial charge < -0.3 is 10.1 Å². The molecule has 1 heterocycles. The van der Waals surface area contributed by atoms with E-state index in [0.717, 1.165) is 37.0 Å². The van der Waals surface area contributed by atoms with Crippen molar-refractivity contribution in [3.05, 3.63) is 22.9 Å². The Morgan fingerprint density at radius 1 is 1.28 bits per heavy atom. The molecule has 0 radical (unpaired) electrons. The molecule has 4 bridgehead atoms. The number of esters is 1. The Hall–Kier alpha value is -2.07. The van der Waals surface area contributed by atoms with Gasteiger partial charge in [-0.2, -0.15) is 5.26 Å². The Labute approximate surface area is 175 Å². The van der Waals surface area contributed by atoms with Gasteiger partial charge in [-0.05, 0) is 76.2 Å². The molecule has 1 aromatic rings. The third-order valence-electron chi connectivity index (χ3n) is 6.58. The molecule has 0 aliphatic heterocycles. The highest BCUT2D eigenvalue weighted by Crippen LogP contribution is 2.55. The second-order valence-electron chi connectivity index (χ2n) is 8.84. The molecule has 154 valence electrons. The largest absolute Gasteiger partial charge is 0.462 e. The van der Waals surface area contributed by atoms with Crippen LogP contribution in [0.1, 0.15) is 67.1 Å². The van der Waals surface area contributed by atoms with Crippen molar-refractivity contribution in [2.24, 2.45) is 17.8 Å². The zero-order valence-corrected chi connectivity index (χ0v) is 17.8. The molecule has 4 saturated carbocycles. The van der Waals surface area contributed by atoms with Crippen LogP contribution < -0.4 is 5.32 Å². The molecule has 0 saturated heterocycles. The van der Waals surface area contributed by atoms with Gasteiger partial charge in [-0.15, -0.1) is 0 Å². The second kappa shape index (κ2) is 7.98. The van der Waals surface area contributed by atoms with Crippen LogP contribution in [-0.4, -0.2) is 34.8 Å². The Balaban J connectivity index is 1.41. The molecule has 4 aliphatic rings. The Bertz CT molecular complexity index is 842. The third kappa shape index (κ3) is 4.13. The van der Waals surface area contributed by atoms with E-state index in [1.165, 1.54) is 37.1 Å². The summed E-state index contributed by atoms with van der Waals surface area (Å²) in [5.74, 6) is 2.08. The van der Waals surface area contributed by atoms with Crippen LogP contribution >= 0.6 is 11.8 Å². The molecule has 6 nitrogen and oxygen atoms in total. The number of aryl methyl sites for hydroxylation is 1.